The first-order valence-electron chi connectivity index (χ1n) is 11.0. The van der Waals surface area contributed by atoms with Crippen molar-refractivity contribution < 1.29 is 9.59 Å². The van der Waals surface area contributed by atoms with Gasteiger partial charge in [-0.1, -0.05) is 38.0 Å². The maximum Gasteiger partial charge on any atom is 0.228 e. The third kappa shape index (κ3) is 4.18. The van der Waals surface area contributed by atoms with Crippen molar-refractivity contribution in [3.8, 4) is 0 Å². The van der Waals surface area contributed by atoms with Gasteiger partial charge in [0.05, 0.1) is 5.56 Å². The predicted molar refractivity (Wildman–Crippen MR) is 120 cm³/mol. The average Bonchev–Trinajstić information content (AvgIpc) is 3.25. The van der Waals surface area contributed by atoms with E-state index in [2.05, 4.69) is 44.3 Å². The number of carbonyl (C=O) groups is 2. The van der Waals surface area contributed by atoms with Crippen molar-refractivity contribution in [3.63, 3.8) is 0 Å². The Morgan fingerprint density at radius 3 is 2.62 bits per heavy atom. The Morgan fingerprint density at radius 1 is 1.07 bits per heavy atom. The van der Waals surface area contributed by atoms with Crippen LogP contribution in [-0.4, -0.2) is 11.7 Å². The number of rotatable bonds is 5. The minimum atomic E-state index is 0.0726. The number of carbonyl (C=O) groups excluding carboxylic acids is 2. The summed E-state index contributed by atoms with van der Waals surface area (Å²) in [6, 6.07) is 6.25. The minimum Gasteiger partial charge on any atom is -0.317 e. The molecule has 0 aliphatic heterocycles. The van der Waals surface area contributed by atoms with E-state index in [0.29, 0.717) is 12.3 Å². The van der Waals surface area contributed by atoms with Crippen LogP contribution in [0.15, 0.2) is 18.2 Å². The van der Waals surface area contributed by atoms with Gasteiger partial charge in [0.15, 0.2) is 5.78 Å². The summed E-state index contributed by atoms with van der Waals surface area (Å²) in [7, 11) is 0. The second-order valence-corrected chi connectivity index (χ2v) is 10.0. The van der Waals surface area contributed by atoms with Crippen molar-refractivity contribution in [1.29, 1.82) is 0 Å². The number of thiophene rings is 1. The topological polar surface area (TPSA) is 46.2 Å². The summed E-state index contributed by atoms with van der Waals surface area (Å²) in [6.07, 6.45) is 7.92. The van der Waals surface area contributed by atoms with Crippen molar-refractivity contribution in [3.05, 3.63) is 50.9 Å². The van der Waals surface area contributed by atoms with Gasteiger partial charge in [-0.3, -0.25) is 9.59 Å². The maximum absolute atomic E-state index is 13.3. The van der Waals surface area contributed by atoms with Crippen molar-refractivity contribution in [2.45, 2.75) is 72.1 Å². The van der Waals surface area contributed by atoms with Gasteiger partial charge in [0.25, 0.3) is 0 Å². The first-order valence-corrected chi connectivity index (χ1v) is 11.8. The lowest BCUT2D eigenvalue weighted by molar-refractivity contribution is -0.122. The molecule has 1 heterocycles. The van der Waals surface area contributed by atoms with E-state index in [1.807, 2.05) is 0 Å². The summed E-state index contributed by atoms with van der Waals surface area (Å²) in [5, 5.41) is 3.98. The highest BCUT2D eigenvalue weighted by atomic mass is 32.1. The number of ketones is 1. The van der Waals surface area contributed by atoms with E-state index in [-0.39, 0.29) is 17.6 Å². The molecule has 1 aromatic heterocycles. The largest absolute Gasteiger partial charge is 0.317 e. The monoisotopic (exact) mass is 409 g/mol. The molecule has 0 bridgehead atoms. The molecule has 4 heteroatoms. The van der Waals surface area contributed by atoms with Gasteiger partial charge in [-0.25, -0.2) is 0 Å². The van der Waals surface area contributed by atoms with Crippen LogP contribution >= 0.6 is 11.3 Å². The van der Waals surface area contributed by atoms with Gasteiger partial charge in [-0.15, -0.1) is 11.3 Å². The Labute approximate surface area is 177 Å². The lowest BCUT2D eigenvalue weighted by Crippen LogP contribution is -2.30. The first kappa shape index (κ1) is 20.3. The molecule has 2 unspecified atom stereocenters. The van der Waals surface area contributed by atoms with Crippen molar-refractivity contribution in [1.82, 2.24) is 0 Å². The van der Waals surface area contributed by atoms with Crippen LogP contribution in [0.3, 0.4) is 0 Å². The van der Waals surface area contributed by atoms with Crippen LogP contribution in [0.25, 0.3) is 0 Å². The number of amides is 1. The average molecular weight is 410 g/mol. The Hall–Kier alpha value is -1.94. The van der Waals surface area contributed by atoms with Crippen LogP contribution in [0.5, 0.6) is 0 Å². The third-order valence-corrected chi connectivity index (χ3v) is 8.03. The second kappa shape index (κ2) is 8.43. The highest BCUT2D eigenvalue weighted by Gasteiger charge is 2.31. The summed E-state index contributed by atoms with van der Waals surface area (Å²) in [5.41, 5.74) is 5.49. The molecule has 1 N–H and O–H groups in total. The molecule has 154 valence electrons. The van der Waals surface area contributed by atoms with Gasteiger partial charge < -0.3 is 5.32 Å². The van der Waals surface area contributed by atoms with Gasteiger partial charge in [-0.2, -0.15) is 0 Å². The molecule has 0 radical (unpaired) electrons. The molecule has 0 spiro atoms. The summed E-state index contributed by atoms with van der Waals surface area (Å²) in [5.74, 6) is 0.741. The fourth-order valence-corrected chi connectivity index (χ4v) is 6.20. The lowest BCUT2D eigenvalue weighted by Gasteiger charge is -2.27. The first-order chi connectivity index (χ1) is 13.9. The molecule has 1 fully saturated rings. The quantitative estimate of drug-likeness (QED) is 0.612. The van der Waals surface area contributed by atoms with Crippen molar-refractivity contribution >= 4 is 28.0 Å². The van der Waals surface area contributed by atoms with E-state index < -0.39 is 0 Å². The van der Waals surface area contributed by atoms with Gasteiger partial charge in [-0.05, 0) is 74.1 Å². The Kier molecular flexibility index (Phi) is 5.91. The van der Waals surface area contributed by atoms with E-state index in [1.54, 1.807) is 11.3 Å². The summed E-state index contributed by atoms with van der Waals surface area (Å²) < 4.78 is 0. The SMILES string of the molecule is Cc1ccc(CC(=O)c2c(NC(=O)C3CCCCC3C)sc3c2CCC3)cc1C. The van der Waals surface area contributed by atoms with Crippen molar-refractivity contribution in [2.24, 2.45) is 11.8 Å². The van der Waals surface area contributed by atoms with E-state index in [9.17, 15) is 9.59 Å². The van der Waals surface area contributed by atoms with Crippen LogP contribution in [0.4, 0.5) is 5.00 Å². The molecule has 2 atom stereocenters. The predicted octanol–water partition coefficient (Wildman–Crippen LogP) is 6.04. The van der Waals surface area contributed by atoms with Gasteiger partial charge in [0.1, 0.15) is 5.00 Å². The maximum atomic E-state index is 13.3. The zero-order valence-corrected chi connectivity index (χ0v) is 18.6. The Morgan fingerprint density at radius 2 is 1.86 bits per heavy atom. The van der Waals surface area contributed by atoms with Crippen LogP contribution < -0.4 is 5.32 Å². The van der Waals surface area contributed by atoms with Crippen LogP contribution in [0, 0.1) is 25.7 Å². The fourth-order valence-electron chi connectivity index (χ4n) is 4.88. The molecule has 1 amide bonds. The highest BCUT2D eigenvalue weighted by molar-refractivity contribution is 7.17. The van der Waals surface area contributed by atoms with Gasteiger partial charge >= 0.3 is 0 Å². The van der Waals surface area contributed by atoms with Crippen LogP contribution in [0.2, 0.25) is 0 Å². The highest BCUT2D eigenvalue weighted by Crippen LogP contribution is 2.41. The van der Waals surface area contributed by atoms with Gasteiger partial charge in [0.2, 0.25) is 5.91 Å². The number of fused-ring (bicyclic) bond motifs is 1. The van der Waals surface area contributed by atoms with E-state index in [4.69, 9.17) is 0 Å². The second-order valence-electron chi connectivity index (χ2n) is 8.94. The summed E-state index contributed by atoms with van der Waals surface area (Å²) in [4.78, 5) is 27.6. The summed E-state index contributed by atoms with van der Waals surface area (Å²) in [6.45, 7) is 6.36. The molecule has 0 saturated heterocycles. The number of Topliss-reactive ketones (excluding diaryl/α,β-unsaturated/α-hetero) is 1. The molecule has 29 heavy (non-hydrogen) atoms. The standard InChI is InChI=1S/C25H31NO2S/c1-15-11-12-18(13-17(15)3)14-21(27)23-20-9-6-10-22(20)29-25(23)26-24(28)19-8-5-4-7-16(19)2/h11-13,16,19H,4-10,14H2,1-3H3,(H,26,28). The molecule has 3 nitrogen and oxygen atoms in total. The zero-order valence-electron chi connectivity index (χ0n) is 17.8. The molecule has 2 aliphatic rings. The number of anilines is 1. The lowest BCUT2D eigenvalue weighted by atomic mass is 9.80. The van der Waals surface area contributed by atoms with E-state index in [0.717, 1.165) is 54.7 Å². The molecule has 2 aromatic rings. The number of hydrogen-bond acceptors (Lipinski definition) is 3. The molecule has 1 saturated carbocycles. The summed E-state index contributed by atoms with van der Waals surface area (Å²) >= 11 is 1.63. The van der Waals surface area contributed by atoms with E-state index in [1.165, 1.54) is 28.0 Å². The Balaban J connectivity index is 1.58. The zero-order chi connectivity index (χ0) is 20.5. The number of nitrogens with one attached hydrogen (secondary N) is 1. The van der Waals surface area contributed by atoms with Gasteiger partial charge in [0, 0.05) is 17.2 Å². The Bertz CT molecular complexity index is 943. The molecule has 4 rings (SSSR count). The molecule has 1 aromatic carbocycles. The fraction of sp³-hybridized carbons (Fsp3) is 0.520. The van der Waals surface area contributed by atoms with Crippen LogP contribution in [-0.2, 0) is 24.1 Å². The van der Waals surface area contributed by atoms with Crippen LogP contribution in [0.1, 0.15) is 76.5 Å². The normalized spacial score (nSPS) is 21.1. The van der Waals surface area contributed by atoms with Crippen molar-refractivity contribution in [2.75, 3.05) is 5.32 Å². The minimum absolute atomic E-state index is 0.0726. The molecular weight excluding hydrogens is 378 g/mol. The molecule has 2 aliphatic carbocycles. The molecular formula is C25H31NO2S. The number of hydrogen-bond donors (Lipinski definition) is 1. The van der Waals surface area contributed by atoms with E-state index >= 15 is 0 Å². The number of benzene rings is 1. The smallest absolute Gasteiger partial charge is 0.228 e. The number of aryl methyl sites for hydroxylation is 3. The third-order valence-electron chi connectivity index (χ3n) is 6.82.